The summed E-state index contributed by atoms with van der Waals surface area (Å²) >= 11 is 5.81. The third-order valence-electron chi connectivity index (χ3n) is 2.46. The minimum atomic E-state index is -4.31. The Morgan fingerprint density at radius 2 is 2.21 bits per heavy atom. The molecule has 1 rings (SSSR count). The van der Waals surface area contributed by atoms with Crippen molar-refractivity contribution in [3.8, 4) is 0 Å². The molecule has 19 heavy (non-hydrogen) atoms. The zero-order chi connectivity index (χ0) is 14.5. The monoisotopic (exact) mass is 297 g/mol. The first-order valence-electron chi connectivity index (χ1n) is 5.56. The molecule has 0 saturated heterocycles. The highest BCUT2D eigenvalue weighted by molar-refractivity contribution is 6.30. The highest BCUT2D eigenvalue weighted by atomic mass is 35.5. The van der Waals surface area contributed by atoms with Crippen LogP contribution in [0, 0.1) is 0 Å². The van der Waals surface area contributed by atoms with Gasteiger partial charge in [0.1, 0.15) is 12.4 Å². The van der Waals surface area contributed by atoms with Gasteiger partial charge in [0.05, 0.1) is 5.02 Å². The van der Waals surface area contributed by atoms with E-state index in [4.69, 9.17) is 17.3 Å². The fourth-order valence-electron chi connectivity index (χ4n) is 1.59. The van der Waals surface area contributed by atoms with Crippen LogP contribution in [0.15, 0.2) is 12.3 Å². The number of ether oxygens (including phenoxy) is 1. The standard InChI is InChI=1S/C11H15ClF3N3O/c1-17-9(2-3-19-6-11(13,14)15)8-4-7(12)5-18-10(8)16/h4-5,9,17H,2-3,6H2,1H3,(H2,16,18). The van der Waals surface area contributed by atoms with E-state index >= 15 is 0 Å². The van der Waals surface area contributed by atoms with Crippen molar-refractivity contribution in [2.75, 3.05) is 26.0 Å². The fourth-order valence-corrected chi connectivity index (χ4v) is 1.76. The maximum absolute atomic E-state index is 11.9. The molecular weight excluding hydrogens is 283 g/mol. The van der Waals surface area contributed by atoms with Gasteiger partial charge in [-0.3, -0.25) is 0 Å². The van der Waals surface area contributed by atoms with E-state index in [-0.39, 0.29) is 12.6 Å². The predicted octanol–water partition coefficient (Wildman–Crippen LogP) is 2.55. The number of pyridine rings is 1. The van der Waals surface area contributed by atoms with Gasteiger partial charge in [0, 0.05) is 24.4 Å². The minimum Gasteiger partial charge on any atom is -0.383 e. The number of halogens is 4. The summed E-state index contributed by atoms with van der Waals surface area (Å²) in [6.07, 6.45) is -2.57. The largest absolute Gasteiger partial charge is 0.411 e. The molecule has 0 radical (unpaired) electrons. The number of nitrogens with two attached hydrogens (primary N) is 1. The van der Waals surface area contributed by atoms with E-state index in [9.17, 15) is 13.2 Å². The van der Waals surface area contributed by atoms with Crippen LogP contribution in [0.3, 0.4) is 0 Å². The summed E-state index contributed by atoms with van der Waals surface area (Å²) in [5.74, 6) is 0.291. The number of aromatic nitrogens is 1. The third-order valence-corrected chi connectivity index (χ3v) is 2.66. The van der Waals surface area contributed by atoms with Gasteiger partial charge in [0.25, 0.3) is 0 Å². The van der Waals surface area contributed by atoms with Gasteiger partial charge >= 0.3 is 6.18 Å². The molecule has 1 unspecified atom stereocenters. The zero-order valence-electron chi connectivity index (χ0n) is 10.3. The Balaban J connectivity index is 2.56. The molecule has 0 aliphatic carbocycles. The summed E-state index contributed by atoms with van der Waals surface area (Å²) in [6.45, 7) is -1.30. The number of nitrogens with zero attached hydrogens (tertiary/aromatic N) is 1. The van der Waals surface area contributed by atoms with Crippen LogP contribution in [-0.2, 0) is 4.74 Å². The first kappa shape index (κ1) is 16.0. The van der Waals surface area contributed by atoms with Crippen molar-refractivity contribution in [1.29, 1.82) is 0 Å². The Morgan fingerprint density at radius 3 is 2.79 bits per heavy atom. The quantitative estimate of drug-likeness (QED) is 0.792. The summed E-state index contributed by atoms with van der Waals surface area (Å²) in [6, 6.07) is 1.37. The summed E-state index contributed by atoms with van der Waals surface area (Å²) in [5, 5.41) is 3.36. The molecule has 0 aliphatic heterocycles. The normalized spacial score (nSPS) is 13.5. The lowest BCUT2D eigenvalue weighted by Crippen LogP contribution is -2.22. The number of nitrogen functional groups attached to an aromatic ring is 1. The van der Waals surface area contributed by atoms with E-state index in [1.54, 1.807) is 13.1 Å². The lowest BCUT2D eigenvalue weighted by Gasteiger charge is -2.18. The van der Waals surface area contributed by atoms with Crippen molar-refractivity contribution in [2.24, 2.45) is 0 Å². The first-order chi connectivity index (χ1) is 8.83. The van der Waals surface area contributed by atoms with Gasteiger partial charge in [0.2, 0.25) is 0 Å². The molecule has 0 amide bonds. The summed E-state index contributed by atoms with van der Waals surface area (Å²) in [5.41, 5.74) is 6.35. The van der Waals surface area contributed by atoms with E-state index < -0.39 is 12.8 Å². The Kier molecular flexibility index (Phi) is 5.84. The molecule has 8 heteroatoms. The summed E-state index contributed by atoms with van der Waals surface area (Å²) < 4.78 is 40.3. The molecule has 0 aliphatic rings. The number of rotatable bonds is 6. The molecule has 1 heterocycles. The number of alkyl halides is 3. The Hall–Kier alpha value is -1.05. The highest BCUT2D eigenvalue weighted by Gasteiger charge is 2.27. The lowest BCUT2D eigenvalue weighted by molar-refractivity contribution is -0.174. The van der Waals surface area contributed by atoms with Crippen LogP contribution in [0.5, 0.6) is 0 Å². The van der Waals surface area contributed by atoms with Gasteiger partial charge in [0.15, 0.2) is 0 Å². The lowest BCUT2D eigenvalue weighted by atomic mass is 10.1. The molecule has 108 valence electrons. The molecule has 0 spiro atoms. The average Bonchev–Trinajstić information content (AvgIpc) is 2.32. The van der Waals surface area contributed by atoms with Crippen molar-refractivity contribution < 1.29 is 17.9 Å². The van der Waals surface area contributed by atoms with Crippen molar-refractivity contribution in [3.63, 3.8) is 0 Å². The van der Waals surface area contributed by atoms with Gasteiger partial charge in [-0.2, -0.15) is 13.2 Å². The number of nitrogens with one attached hydrogen (secondary N) is 1. The summed E-state index contributed by atoms with van der Waals surface area (Å²) in [7, 11) is 1.68. The maximum atomic E-state index is 11.9. The van der Waals surface area contributed by atoms with Gasteiger partial charge in [-0.15, -0.1) is 0 Å². The molecule has 0 saturated carbocycles. The Morgan fingerprint density at radius 1 is 1.53 bits per heavy atom. The molecule has 0 fully saturated rings. The topological polar surface area (TPSA) is 60.2 Å². The second-order valence-electron chi connectivity index (χ2n) is 3.93. The van der Waals surface area contributed by atoms with Gasteiger partial charge in [-0.05, 0) is 19.5 Å². The van der Waals surface area contributed by atoms with Crippen molar-refractivity contribution in [2.45, 2.75) is 18.6 Å². The van der Waals surface area contributed by atoms with E-state index in [0.717, 1.165) is 0 Å². The fraction of sp³-hybridized carbons (Fsp3) is 0.545. The highest BCUT2D eigenvalue weighted by Crippen LogP contribution is 2.24. The Bertz CT molecular complexity index is 415. The molecule has 0 bridgehead atoms. The minimum absolute atomic E-state index is 0.0447. The number of hydrogen-bond donors (Lipinski definition) is 2. The number of anilines is 1. The molecule has 1 atom stereocenters. The van der Waals surface area contributed by atoms with Crippen LogP contribution in [0.2, 0.25) is 5.02 Å². The van der Waals surface area contributed by atoms with E-state index in [0.29, 0.717) is 22.8 Å². The zero-order valence-corrected chi connectivity index (χ0v) is 11.1. The van der Waals surface area contributed by atoms with Crippen LogP contribution in [0.4, 0.5) is 19.0 Å². The molecule has 0 aromatic carbocycles. The second-order valence-corrected chi connectivity index (χ2v) is 4.36. The van der Waals surface area contributed by atoms with Crippen LogP contribution in [0.1, 0.15) is 18.0 Å². The van der Waals surface area contributed by atoms with Crippen molar-refractivity contribution in [1.82, 2.24) is 10.3 Å². The molecule has 4 nitrogen and oxygen atoms in total. The maximum Gasteiger partial charge on any atom is 0.411 e. The molecule has 1 aromatic heterocycles. The van der Waals surface area contributed by atoms with Crippen LogP contribution in [0.25, 0.3) is 0 Å². The van der Waals surface area contributed by atoms with Gasteiger partial charge in [-0.1, -0.05) is 11.6 Å². The van der Waals surface area contributed by atoms with Gasteiger partial charge < -0.3 is 15.8 Å². The van der Waals surface area contributed by atoms with E-state index in [1.165, 1.54) is 6.20 Å². The summed E-state index contributed by atoms with van der Waals surface area (Å²) in [4.78, 5) is 3.90. The van der Waals surface area contributed by atoms with Crippen molar-refractivity contribution >= 4 is 17.4 Å². The van der Waals surface area contributed by atoms with Crippen LogP contribution < -0.4 is 11.1 Å². The number of hydrogen-bond acceptors (Lipinski definition) is 4. The third kappa shape index (κ3) is 5.63. The molecule has 1 aromatic rings. The van der Waals surface area contributed by atoms with Crippen LogP contribution >= 0.6 is 11.6 Å². The smallest absolute Gasteiger partial charge is 0.383 e. The van der Waals surface area contributed by atoms with E-state index in [1.807, 2.05) is 0 Å². The average molecular weight is 298 g/mol. The van der Waals surface area contributed by atoms with Crippen molar-refractivity contribution in [3.05, 3.63) is 22.8 Å². The Labute approximate surface area is 114 Å². The molecular formula is C11H15ClF3N3O. The molecule has 3 N–H and O–H groups in total. The first-order valence-corrected chi connectivity index (χ1v) is 5.94. The predicted molar refractivity (Wildman–Crippen MR) is 67.0 cm³/mol. The van der Waals surface area contributed by atoms with Crippen LogP contribution in [-0.4, -0.2) is 31.4 Å². The SMILES string of the molecule is CNC(CCOCC(F)(F)F)c1cc(Cl)cnc1N. The second kappa shape index (κ2) is 6.93. The van der Waals surface area contributed by atoms with Gasteiger partial charge in [-0.25, -0.2) is 4.98 Å². The van der Waals surface area contributed by atoms with E-state index in [2.05, 4.69) is 15.0 Å².